The van der Waals surface area contributed by atoms with Gasteiger partial charge in [0.25, 0.3) is 0 Å². The molecule has 2 aromatic carbocycles. The predicted molar refractivity (Wildman–Crippen MR) is 99.6 cm³/mol. The maximum absolute atomic E-state index is 9.25. The van der Waals surface area contributed by atoms with E-state index in [1.54, 1.807) is 12.1 Å². The summed E-state index contributed by atoms with van der Waals surface area (Å²) >= 11 is 0. The standard InChI is InChI=1S/C20H28N2O2/c1-2-14-24-20-10-7-17(15-19(20)21)4-3-12-22-13-11-16-5-8-18(23)9-6-16/h5-10,15,22-23H,2-4,11-14,21H2,1H3. The highest BCUT2D eigenvalue weighted by Crippen LogP contribution is 2.23. The summed E-state index contributed by atoms with van der Waals surface area (Å²) in [7, 11) is 0. The van der Waals surface area contributed by atoms with E-state index in [0.29, 0.717) is 12.4 Å². The molecule has 0 radical (unpaired) electrons. The second-order valence-corrected chi connectivity index (χ2v) is 5.99. The van der Waals surface area contributed by atoms with E-state index in [2.05, 4.69) is 18.3 Å². The molecule has 0 amide bonds. The molecule has 0 saturated heterocycles. The van der Waals surface area contributed by atoms with Crippen molar-refractivity contribution in [2.75, 3.05) is 25.4 Å². The molecule has 24 heavy (non-hydrogen) atoms. The van der Waals surface area contributed by atoms with Gasteiger partial charge in [-0.25, -0.2) is 0 Å². The van der Waals surface area contributed by atoms with Crippen LogP contribution in [-0.2, 0) is 12.8 Å². The molecule has 4 nitrogen and oxygen atoms in total. The van der Waals surface area contributed by atoms with E-state index in [0.717, 1.165) is 50.2 Å². The summed E-state index contributed by atoms with van der Waals surface area (Å²) in [4.78, 5) is 0. The molecule has 0 heterocycles. The first kappa shape index (κ1) is 18.1. The first-order chi connectivity index (χ1) is 11.7. The molecule has 0 unspecified atom stereocenters. The Kier molecular flexibility index (Phi) is 7.43. The number of anilines is 1. The Morgan fingerprint density at radius 1 is 1.00 bits per heavy atom. The fourth-order valence-electron chi connectivity index (χ4n) is 2.53. The lowest BCUT2D eigenvalue weighted by Gasteiger charge is -2.10. The molecule has 0 atom stereocenters. The number of benzene rings is 2. The van der Waals surface area contributed by atoms with Gasteiger partial charge >= 0.3 is 0 Å². The van der Waals surface area contributed by atoms with Crippen LogP contribution in [0.3, 0.4) is 0 Å². The number of phenolic OH excluding ortho intramolecular Hbond substituents is 1. The highest BCUT2D eigenvalue weighted by molar-refractivity contribution is 5.54. The molecule has 0 aliphatic carbocycles. The maximum atomic E-state index is 9.25. The molecule has 0 bridgehead atoms. The summed E-state index contributed by atoms with van der Waals surface area (Å²) in [6.07, 6.45) is 4.03. The lowest BCUT2D eigenvalue weighted by molar-refractivity contribution is 0.319. The van der Waals surface area contributed by atoms with Crippen LogP contribution in [-0.4, -0.2) is 24.8 Å². The van der Waals surface area contributed by atoms with Crippen LogP contribution in [0.15, 0.2) is 42.5 Å². The van der Waals surface area contributed by atoms with Gasteiger partial charge in [-0.05, 0) is 74.2 Å². The normalized spacial score (nSPS) is 10.7. The predicted octanol–water partition coefficient (Wildman–Crippen LogP) is 3.53. The highest BCUT2D eigenvalue weighted by Gasteiger charge is 2.02. The van der Waals surface area contributed by atoms with Crippen molar-refractivity contribution in [1.29, 1.82) is 0 Å². The van der Waals surface area contributed by atoms with E-state index >= 15 is 0 Å². The van der Waals surface area contributed by atoms with Crippen molar-refractivity contribution in [2.24, 2.45) is 0 Å². The quantitative estimate of drug-likeness (QED) is 0.461. The summed E-state index contributed by atoms with van der Waals surface area (Å²) in [5.74, 6) is 1.10. The van der Waals surface area contributed by atoms with Crippen LogP contribution in [0.1, 0.15) is 30.9 Å². The molecular formula is C20H28N2O2. The van der Waals surface area contributed by atoms with Gasteiger partial charge in [0, 0.05) is 0 Å². The molecule has 4 N–H and O–H groups in total. The maximum Gasteiger partial charge on any atom is 0.142 e. The smallest absolute Gasteiger partial charge is 0.142 e. The monoisotopic (exact) mass is 328 g/mol. The topological polar surface area (TPSA) is 67.5 Å². The van der Waals surface area contributed by atoms with Crippen LogP contribution < -0.4 is 15.8 Å². The zero-order valence-electron chi connectivity index (χ0n) is 14.4. The number of hydrogen-bond acceptors (Lipinski definition) is 4. The third-order valence-electron chi connectivity index (χ3n) is 3.88. The minimum Gasteiger partial charge on any atom is -0.508 e. The average molecular weight is 328 g/mol. The van der Waals surface area contributed by atoms with Gasteiger partial charge in [0.2, 0.25) is 0 Å². The van der Waals surface area contributed by atoms with Crippen molar-refractivity contribution in [1.82, 2.24) is 5.32 Å². The number of aryl methyl sites for hydroxylation is 1. The minimum absolute atomic E-state index is 0.317. The molecule has 2 aromatic rings. The summed E-state index contributed by atoms with van der Waals surface area (Å²) in [6.45, 7) is 4.70. The lowest BCUT2D eigenvalue weighted by atomic mass is 10.1. The van der Waals surface area contributed by atoms with Crippen LogP contribution >= 0.6 is 0 Å². The fourth-order valence-corrected chi connectivity index (χ4v) is 2.53. The Morgan fingerprint density at radius 3 is 2.46 bits per heavy atom. The van der Waals surface area contributed by atoms with Crippen LogP contribution in [0.25, 0.3) is 0 Å². The number of hydrogen-bond donors (Lipinski definition) is 3. The van der Waals surface area contributed by atoms with Crippen molar-refractivity contribution < 1.29 is 9.84 Å². The zero-order valence-corrected chi connectivity index (χ0v) is 14.4. The number of nitrogens with one attached hydrogen (secondary N) is 1. The van der Waals surface area contributed by atoms with Crippen molar-refractivity contribution in [2.45, 2.75) is 32.6 Å². The number of phenols is 1. The molecule has 0 aliphatic rings. The zero-order chi connectivity index (χ0) is 17.2. The second kappa shape index (κ2) is 9.83. The molecule has 130 valence electrons. The average Bonchev–Trinajstić information content (AvgIpc) is 2.59. The van der Waals surface area contributed by atoms with Crippen LogP contribution in [0.4, 0.5) is 5.69 Å². The van der Waals surface area contributed by atoms with Crippen molar-refractivity contribution in [3.05, 3.63) is 53.6 Å². The minimum atomic E-state index is 0.317. The molecule has 0 aliphatic heterocycles. The molecule has 0 spiro atoms. The number of nitrogens with two attached hydrogens (primary N) is 1. The Hall–Kier alpha value is -2.20. The van der Waals surface area contributed by atoms with Gasteiger partial charge in [-0.1, -0.05) is 25.1 Å². The Bertz CT molecular complexity index is 612. The molecule has 0 saturated carbocycles. The van der Waals surface area contributed by atoms with Crippen LogP contribution in [0.2, 0.25) is 0 Å². The van der Waals surface area contributed by atoms with Gasteiger partial charge in [0.15, 0.2) is 0 Å². The first-order valence-electron chi connectivity index (χ1n) is 8.69. The number of ether oxygens (including phenoxy) is 1. The third-order valence-corrected chi connectivity index (χ3v) is 3.88. The number of rotatable bonds is 10. The lowest BCUT2D eigenvalue weighted by Crippen LogP contribution is -2.19. The highest BCUT2D eigenvalue weighted by atomic mass is 16.5. The van der Waals surface area contributed by atoms with Crippen molar-refractivity contribution in [3.8, 4) is 11.5 Å². The third kappa shape index (κ3) is 6.13. The van der Waals surface area contributed by atoms with Crippen LogP contribution in [0.5, 0.6) is 11.5 Å². The molecule has 0 aromatic heterocycles. The Morgan fingerprint density at radius 2 is 1.75 bits per heavy atom. The summed E-state index contributed by atoms with van der Waals surface area (Å²) in [6, 6.07) is 13.5. The first-order valence-corrected chi connectivity index (χ1v) is 8.69. The van der Waals surface area contributed by atoms with Gasteiger partial charge in [-0.3, -0.25) is 0 Å². The Balaban J connectivity index is 1.63. The summed E-state index contributed by atoms with van der Waals surface area (Å²) < 4.78 is 5.59. The van der Waals surface area contributed by atoms with Gasteiger partial charge < -0.3 is 20.9 Å². The number of nitrogen functional groups attached to an aromatic ring is 1. The molecular weight excluding hydrogens is 300 g/mol. The number of aromatic hydroxyl groups is 1. The summed E-state index contributed by atoms with van der Waals surface area (Å²) in [5, 5.41) is 12.7. The van der Waals surface area contributed by atoms with Crippen LogP contribution in [0, 0.1) is 0 Å². The SMILES string of the molecule is CCCOc1ccc(CCCNCCc2ccc(O)cc2)cc1N. The van der Waals surface area contributed by atoms with E-state index in [4.69, 9.17) is 10.5 Å². The van der Waals surface area contributed by atoms with Gasteiger partial charge in [0.1, 0.15) is 11.5 Å². The largest absolute Gasteiger partial charge is 0.508 e. The molecule has 2 rings (SSSR count). The van der Waals surface area contributed by atoms with Crippen molar-refractivity contribution >= 4 is 5.69 Å². The second-order valence-electron chi connectivity index (χ2n) is 5.99. The van der Waals surface area contributed by atoms with Gasteiger partial charge in [-0.15, -0.1) is 0 Å². The van der Waals surface area contributed by atoms with Gasteiger partial charge in [-0.2, -0.15) is 0 Å². The Labute approximate surface area is 144 Å². The van der Waals surface area contributed by atoms with Gasteiger partial charge in [0.05, 0.1) is 12.3 Å². The van der Waals surface area contributed by atoms with E-state index < -0.39 is 0 Å². The van der Waals surface area contributed by atoms with E-state index in [9.17, 15) is 5.11 Å². The van der Waals surface area contributed by atoms with E-state index in [-0.39, 0.29) is 0 Å². The van der Waals surface area contributed by atoms with Crippen molar-refractivity contribution in [3.63, 3.8) is 0 Å². The fraction of sp³-hybridized carbons (Fsp3) is 0.400. The molecule has 0 fully saturated rings. The molecule has 4 heteroatoms. The summed E-state index contributed by atoms with van der Waals surface area (Å²) in [5.41, 5.74) is 9.23. The van der Waals surface area contributed by atoms with E-state index in [1.807, 2.05) is 24.3 Å². The van der Waals surface area contributed by atoms with E-state index in [1.165, 1.54) is 11.1 Å².